The Kier molecular flexibility index (Phi) is 6.73. The number of hydrogen-bond acceptors (Lipinski definition) is 5. The van der Waals surface area contributed by atoms with Crippen LogP contribution in [0.4, 0.5) is 8.78 Å². The number of amides is 1. The topological polar surface area (TPSA) is 86.1 Å². The van der Waals surface area contributed by atoms with Crippen molar-refractivity contribution in [2.45, 2.75) is 20.0 Å². The Hall–Kier alpha value is -3.33. The quantitative estimate of drug-likeness (QED) is 0.576. The molecular weight excluding hydrogens is 418 g/mol. The number of nitrogens with one attached hydrogen (secondary N) is 1. The van der Waals surface area contributed by atoms with Gasteiger partial charge in [0, 0.05) is 12.1 Å². The zero-order valence-electron chi connectivity index (χ0n) is 15.9. The van der Waals surface area contributed by atoms with Crippen LogP contribution in [0.3, 0.4) is 0 Å². The molecule has 1 N–H and O–H groups in total. The lowest BCUT2D eigenvalue weighted by molar-refractivity contribution is -0.122. The SMILES string of the molecule is CCOC(=O)c1nc(-c2ccc(Cl)c(F)c2)nn1CC(=O)NCc1cccc(F)c1. The van der Waals surface area contributed by atoms with E-state index < -0.39 is 23.5 Å². The molecule has 7 nitrogen and oxygen atoms in total. The van der Waals surface area contributed by atoms with Crippen LogP contribution in [0.1, 0.15) is 23.1 Å². The predicted octanol–water partition coefficient (Wildman–Crippen LogP) is 3.37. The van der Waals surface area contributed by atoms with Crippen molar-refractivity contribution in [1.29, 1.82) is 0 Å². The molecule has 0 aliphatic carbocycles. The molecule has 30 heavy (non-hydrogen) atoms. The standard InChI is InChI=1S/C20H17ClF2N4O3/c1-2-30-20(29)19-25-18(13-6-7-15(21)16(23)9-13)26-27(19)11-17(28)24-10-12-4-3-5-14(22)8-12/h3-9H,2,10-11H2,1H3,(H,24,28). The van der Waals surface area contributed by atoms with Crippen molar-refractivity contribution in [3.05, 3.63) is 70.5 Å². The molecule has 0 spiro atoms. The summed E-state index contributed by atoms with van der Waals surface area (Å²) in [6.07, 6.45) is 0. The van der Waals surface area contributed by atoms with Crippen LogP contribution < -0.4 is 5.32 Å². The molecule has 0 fully saturated rings. The van der Waals surface area contributed by atoms with Crippen LogP contribution in [0.2, 0.25) is 5.02 Å². The molecule has 1 aromatic heterocycles. The first kappa shape index (κ1) is 21.4. The lowest BCUT2D eigenvalue weighted by Crippen LogP contribution is -2.29. The highest BCUT2D eigenvalue weighted by Gasteiger charge is 2.21. The number of nitrogens with zero attached hydrogens (tertiary/aromatic N) is 3. The minimum Gasteiger partial charge on any atom is -0.460 e. The van der Waals surface area contributed by atoms with E-state index in [4.69, 9.17) is 16.3 Å². The highest BCUT2D eigenvalue weighted by atomic mass is 35.5. The van der Waals surface area contributed by atoms with Crippen LogP contribution in [0.5, 0.6) is 0 Å². The van der Waals surface area contributed by atoms with Crippen molar-refractivity contribution in [2.75, 3.05) is 6.61 Å². The third-order valence-electron chi connectivity index (χ3n) is 3.98. The van der Waals surface area contributed by atoms with Gasteiger partial charge in [-0.25, -0.2) is 23.2 Å². The Morgan fingerprint density at radius 2 is 2.00 bits per heavy atom. The summed E-state index contributed by atoms with van der Waals surface area (Å²) in [5, 5.41) is 6.68. The average Bonchev–Trinajstić information content (AvgIpc) is 3.12. The molecule has 0 saturated carbocycles. The van der Waals surface area contributed by atoms with E-state index in [-0.39, 0.29) is 41.9 Å². The average molecular weight is 435 g/mol. The van der Waals surface area contributed by atoms with Crippen molar-refractivity contribution in [3.8, 4) is 11.4 Å². The molecule has 0 radical (unpaired) electrons. The third kappa shape index (κ3) is 5.18. The van der Waals surface area contributed by atoms with Gasteiger partial charge < -0.3 is 10.1 Å². The van der Waals surface area contributed by atoms with Crippen LogP contribution >= 0.6 is 11.6 Å². The van der Waals surface area contributed by atoms with Gasteiger partial charge in [-0.1, -0.05) is 23.7 Å². The number of aromatic nitrogens is 3. The van der Waals surface area contributed by atoms with Gasteiger partial charge in [0.2, 0.25) is 11.7 Å². The minimum atomic E-state index is -0.774. The Balaban J connectivity index is 1.80. The summed E-state index contributed by atoms with van der Waals surface area (Å²) in [5.74, 6) is -2.51. The van der Waals surface area contributed by atoms with Gasteiger partial charge in [0.15, 0.2) is 5.82 Å². The predicted molar refractivity (Wildman–Crippen MR) is 105 cm³/mol. The number of ether oxygens (including phenoxy) is 1. The second-order valence-corrected chi connectivity index (χ2v) is 6.58. The molecule has 0 atom stereocenters. The maximum absolute atomic E-state index is 13.8. The molecule has 10 heteroatoms. The fourth-order valence-corrected chi connectivity index (χ4v) is 2.71. The normalized spacial score (nSPS) is 10.7. The number of rotatable bonds is 7. The highest BCUT2D eigenvalue weighted by molar-refractivity contribution is 6.30. The Morgan fingerprint density at radius 1 is 1.20 bits per heavy atom. The summed E-state index contributed by atoms with van der Waals surface area (Å²) in [7, 11) is 0. The van der Waals surface area contributed by atoms with Crippen LogP contribution in [0.25, 0.3) is 11.4 Å². The zero-order chi connectivity index (χ0) is 21.7. The van der Waals surface area contributed by atoms with Gasteiger partial charge in [0.1, 0.15) is 18.2 Å². The van der Waals surface area contributed by atoms with E-state index in [1.165, 1.54) is 30.3 Å². The number of halogens is 3. The smallest absolute Gasteiger partial charge is 0.376 e. The van der Waals surface area contributed by atoms with Gasteiger partial charge in [-0.2, -0.15) is 0 Å². The number of benzene rings is 2. The van der Waals surface area contributed by atoms with Gasteiger partial charge in [-0.05, 0) is 42.8 Å². The van der Waals surface area contributed by atoms with E-state index in [2.05, 4.69) is 15.4 Å². The molecule has 0 saturated heterocycles. The van der Waals surface area contributed by atoms with Crippen molar-refractivity contribution in [1.82, 2.24) is 20.1 Å². The van der Waals surface area contributed by atoms with E-state index in [9.17, 15) is 18.4 Å². The summed E-state index contributed by atoms with van der Waals surface area (Å²) < 4.78 is 33.0. The van der Waals surface area contributed by atoms with Crippen LogP contribution in [-0.2, 0) is 22.6 Å². The monoisotopic (exact) mass is 434 g/mol. The van der Waals surface area contributed by atoms with E-state index in [0.29, 0.717) is 5.56 Å². The molecule has 0 aliphatic rings. The van der Waals surface area contributed by atoms with Crippen LogP contribution in [0.15, 0.2) is 42.5 Å². The minimum absolute atomic E-state index is 0.0338. The maximum Gasteiger partial charge on any atom is 0.376 e. The Bertz CT molecular complexity index is 1090. The van der Waals surface area contributed by atoms with E-state index in [1.807, 2.05) is 0 Å². The Labute approximate surface area is 175 Å². The fourth-order valence-electron chi connectivity index (χ4n) is 2.60. The largest absolute Gasteiger partial charge is 0.460 e. The van der Waals surface area contributed by atoms with Crippen molar-refractivity contribution >= 4 is 23.5 Å². The molecule has 0 aliphatic heterocycles. The van der Waals surface area contributed by atoms with Crippen molar-refractivity contribution in [2.24, 2.45) is 0 Å². The van der Waals surface area contributed by atoms with Crippen LogP contribution in [-0.4, -0.2) is 33.2 Å². The highest BCUT2D eigenvalue weighted by Crippen LogP contribution is 2.22. The second kappa shape index (κ2) is 9.45. The molecule has 156 valence electrons. The summed E-state index contributed by atoms with van der Waals surface area (Å²) >= 11 is 5.69. The molecule has 2 aromatic carbocycles. The van der Waals surface area contributed by atoms with Crippen molar-refractivity contribution < 1.29 is 23.1 Å². The van der Waals surface area contributed by atoms with Gasteiger partial charge in [0.05, 0.1) is 11.6 Å². The van der Waals surface area contributed by atoms with Gasteiger partial charge in [-0.15, -0.1) is 5.10 Å². The summed E-state index contributed by atoms with van der Waals surface area (Å²) in [6.45, 7) is 1.48. The number of hydrogen-bond donors (Lipinski definition) is 1. The molecule has 3 rings (SSSR count). The lowest BCUT2D eigenvalue weighted by atomic mass is 10.2. The molecule has 1 amide bonds. The summed E-state index contributed by atoms with van der Waals surface area (Å²) in [4.78, 5) is 28.6. The van der Waals surface area contributed by atoms with E-state index in [0.717, 1.165) is 10.7 Å². The van der Waals surface area contributed by atoms with Gasteiger partial charge in [-0.3, -0.25) is 4.79 Å². The number of carbonyl (C=O) groups is 2. The number of esters is 1. The maximum atomic E-state index is 13.8. The number of carbonyl (C=O) groups excluding carboxylic acids is 2. The summed E-state index contributed by atoms with van der Waals surface area (Å²) in [5.41, 5.74) is 0.853. The molecular formula is C20H17ClF2N4O3. The fraction of sp³-hybridized carbons (Fsp3) is 0.200. The van der Waals surface area contributed by atoms with E-state index in [1.54, 1.807) is 13.0 Å². The van der Waals surface area contributed by atoms with Crippen molar-refractivity contribution in [3.63, 3.8) is 0 Å². The molecule has 0 unspecified atom stereocenters. The Morgan fingerprint density at radius 3 is 2.70 bits per heavy atom. The van der Waals surface area contributed by atoms with Gasteiger partial charge >= 0.3 is 5.97 Å². The van der Waals surface area contributed by atoms with Gasteiger partial charge in [0.25, 0.3) is 0 Å². The second-order valence-electron chi connectivity index (χ2n) is 6.17. The lowest BCUT2D eigenvalue weighted by Gasteiger charge is -2.07. The zero-order valence-corrected chi connectivity index (χ0v) is 16.6. The van der Waals surface area contributed by atoms with Crippen LogP contribution in [0, 0.1) is 11.6 Å². The first-order valence-electron chi connectivity index (χ1n) is 8.96. The third-order valence-corrected chi connectivity index (χ3v) is 4.29. The van der Waals surface area contributed by atoms with E-state index >= 15 is 0 Å². The molecule has 3 aromatic rings. The molecule has 1 heterocycles. The molecule has 0 bridgehead atoms. The first-order valence-corrected chi connectivity index (χ1v) is 9.33. The first-order chi connectivity index (χ1) is 14.4. The summed E-state index contributed by atoms with van der Waals surface area (Å²) in [6, 6.07) is 9.74.